The maximum Gasteiger partial charge on any atom is 0.412 e. The van der Waals surface area contributed by atoms with Crippen LogP contribution in [0.2, 0.25) is 0 Å². The van der Waals surface area contributed by atoms with Crippen molar-refractivity contribution in [1.82, 2.24) is 0 Å². The molecule has 4 aromatic carbocycles. The highest BCUT2D eigenvalue weighted by atomic mass is 16.6. The second kappa shape index (κ2) is 12.3. The van der Waals surface area contributed by atoms with Crippen LogP contribution >= 0.6 is 0 Å². The third kappa shape index (κ3) is 7.11. The van der Waals surface area contributed by atoms with Crippen molar-refractivity contribution in [3.8, 4) is 11.5 Å². The molecule has 0 saturated carbocycles. The number of aromatic hydroxyl groups is 1. The van der Waals surface area contributed by atoms with Gasteiger partial charge in [-0.05, 0) is 54.1 Å². The number of aliphatic carboxylic acids is 1. The number of fused-ring (bicyclic) bond motifs is 1. The lowest BCUT2D eigenvalue weighted by molar-refractivity contribution is -0.131. The smallest absolute Gasteiger partial charge is 0.412 e. The molecule has 188 valence electrons. The van der Waals surface area contributed by atoms with E-state index in [1.165, 1.54) is 18.2 Å². The Morgan fingerprint density at radius 2 is 1.57 bits per heavy atom. The van der Waals surface area contributed by atoms with E-state index in [-0.39, 0.29) is 5.75 Å². The Morgan fingerprint density at radius 1 is 0.865 bits per heavy atom. The van der Waals surface area contributed by atoms with Gasteiger partial charge >= 0.3 is 12.1 Å². The third-order valence-electron chi connectivity index (χ3n) is 5.73. The van der Waals surface area contributed by atoms with Crippen LogP contribution in [0.1, 0.15) is 24.5 Å². The highest BCUT2D eigenvalue weighted by Crippen LogP contribution is 2.31. The Balaban J connectivity index is 1.62. The fraction of sp³-hybridized carbons (Fsp3) is 0.133. The zero-order valence-electron chi connectivity index (χ0n) is 20.0. The van der Waals surface area contributed by atoms with Crippen LogP contribution in [0.5, 0.6) is 11.5 Å². The number of hydrogen-bond acceptors (Lipinski definition) is 5. The van der Waals surface area contributed by atoms with E-state index in [4.69, 9.17) is 14.6 Å². The fourth-order valence-electron chi connectivity index (χ4n) is 4.00. The number of carbonyl (C=O) groups is 2. The summed E-state index contributed by atoms with van der Waals surface area (Å²) in [6.45, 7) is 0. The molecule has 7 nitrogen and oxygen atoms in total. The number of carboxylic acid groups (broad SMARTS) is 1. The molecule has 0 aromatic heterocycles. The number of phenols is 1. The first-order valence-electron chi connectivity index (χ1n) is 11.8. The molecule has 0 aliphatic rings. The Labute approximate surface area is 214 Å². The highest BCUT2D eigenvalue weighted by molar-refractivity contribution is 6.00. The number of anilines is 1. The van der Waals surface area contributed by atoms with E-state index in [1.807, 2.05) is 54.6 Å². The molecule has 0 fully saturated rings. The van der Waals surface area contributed by atoms with Gasteiger partial charge in [0.2, 0.25) is 0 Å². The molecule has 1 amide bonds. The summed E-state index contributed by atoms with van der Waals surface area (Å²) in [7, 11) is 0. The average Bonchev–Trinajstić information content (AvgIpc) is 2.90. The molecule has 4 rings (SSSR count). The lowest BCUT2D eigenvalue weighted by Crippen LogP contribution is -2.31. The molecule has 37 heavy (non-hydrogen) atoms. The third-order valence-corrected chi connectivity index (χ3v) is 5.73. The monoisotopic (exact) mass is 497 g/mol. The van der Waals surface area contributed by atoms with Crippen LogP contribution < -0.4 is 10.1 Å². The van der Waals surface area contributed by atoms with E-state index < -0.39 is 24.3 Å². The van der Waals surface area contributed by atoms with E-state index in [0.29, 0.717) is 29.8 Å². The number of hydrogen-bond donors (Lipinski definition) is 3. The molecule has 0 unspecified atom stereocenters. The van der Waals surface area contributed by atoms with Crippen LogP contribution in [-0.2, 0) is 9.53 Å². The van der Waals surface area contributed by atoms with E-state index in [9.17, 15) is 14.7 Å². The molecular weight excluding hydrogens is 470 g/mol. The number of amides is 1. The van der Waals surface area contributed by atoms with Gasteiger partial charge in [0.15, 0.2) is 6.10 Å². The molecule has 4 aromatic rings. The minimum Gasteiger partial charge on any atom is -0.508 e. The number of nitrogens with one attached hydrogen (secondary N) is 1. The van der Waals surface area contributed by atoms with Crippen molar-refractivity contribution in [2.45, 2.75) is 25.0 Å². The molecule has 0 saturated heterocycles. The average molecular weight is 498 g/mol. The molecule has 0 bridgehead atoms. The molecule has 0 heterocycles. The summed E-state index contributed by atoms with van der Waals surface area (Å²) in [5.74, 6) is -0.384. The first-order valence-corrected chi connectivity index (χ1v) is 11.8. The lowest BCUT2D eigenvalue weighted by atomic mass is 10.00. The number of para-hydroxylation sites is 1. The summed E-state index contributed by atoms with van der Waals surface area (Å²) in [6, 6.07) is 28.8. The van der Waals surface area contributed by atoms with Gasteiger partial charge in [-0.3, -0.25) is 5.32 Å². The van der Waals surface area contributed by atoms with E-state index in [0.717, 1.165) is 16.8 Å². The van der Waals surface area contributed by atoms with Gasteiger partial charge in [-0.1, -0.05) is 72.8 Å². The number of phenolic OH excluding ortho intramolecular Hbond substituents is 1. The molecule has 7 heteroatoms. The van der Waals surface area contributed by atoms with Crippen molar-refractivity contribution < 1.29 is 29.3 Å². The van der Waals surface area contributed by atoms with Crippen LogP contribution in [-0.4, -0.2) is 28.4 Å². The second-order valence-corrected chi connectivity index (χ2v) is 8.36. The quantitative estimate of drug-likeness (QED) is 0.211. The molecule has 0 spiro atoms. The zero-order chi connectivity index (χ0) is 26.0. The SMILES string of the molecule is O=C(O)/C=C/CC[C@@H](Oc1ccccc1)[C@H](OC(=O)Nc1cccc2ccccc12)c1ccc(O)cc1. The summed E-state index contributed by atoms with van der Waals surface area (Å²) in [5, 5.41) is 23.4. The number of carbonyl (C=O) groups excluding carboxylic acids is 1. The van der Waals surface area contributed by atoms with Crippen molar-refractivity contribution in [3.63, 3.8) is 0 Å². The second-order valence-electron chi connectivity index (χ2n) is 8.36. The molecule has 2 atom stereocenters. The zero-order valence-corrected chi connectivity index (χ0v) is 20.0. The summed E-state index contributed by atoms with van der Waals surface area (Å²) in [6.07, 6.45) is 1.19. The number of benzene rings is 4. The Hall–Kier alpha value is -4.78. The Bertz CT molecular complexity index is 1360. The van der Waals surface area contributed by atoms with Crippen molar-refractivity contribution in [2.24, 2.45) is 0 Å². The number of carboxylic acids is 1. The van der Waals surface area contributed by atoms with Gasteiger partial charge in [-0.25, -0.2) is 9.59 Å². The van der Waals surface area contributed by atoms with Crippen molar-refractivity contribution in [3.05, 3.63) is 115 Å². The normalized spacial score (nSPS) is 12.6. The lowest BCUT2D eigenvalue weighted by Gasteiger charge is -2.28. The number of ether oxygens (including phenoxy) is 2. The van der Waals surface area contributed by atoms with Crippen molar-refractivity contribution in [1.29, 1.82) is 0 Å². The fourth-order valence-corrected chi connectivity index (χ4v) is 4.00. The summed E-state index contributed by atoms with van der Waals surface area (Å²) < 4.78 is 12.2. The predicted octanol–water partition coefficient (Wildman–Crippen LogP) is 6.70. The van der Waals surface area contributed by atoms with Crippen LogP contribution in [0.15, 0.2) is 109 Å². The van der Waals surface area contributed by atoms with E-state index >= 15 is 0 Å². The molecule has 0 radical (unpaired) electrons. The molecule has 0 aliphatic heterocycles. The topological polar surface area (TPSA) is 105 Å². The van der Waals surface area contributed by atoms with Gasteiger partial charge < -0.3 is 19.7 Å². The van der Waals surface area contributed by atoms with Gasteiger partial charge in [0.1, 0.15) is 17.6 Å². The van der Waals surface area contributed by atoms with Gasteiger partial charge in [-0.2, -0.15) is 0 Å². The summed E-state index contributed by atoms with van der Waals surface area (Å²) >= 11 is 0. The van der Waals surface area contributed by atoms with Gasteiger partial charge in [0.25, 0.3) is 0 Å². The highest BCUT2D eigenvalue weighted by Gasteiger charge is 2.29. The van der Waals surface area contributed by atoms with Crippen LogP contribution in [0.25, 0.3) is 10.8 Å². The van der Waals surface area contributed by atoms with Crippen LogP contribution in [0, 0.1) is 0 Å². The van der Waals surface area contributed by atoms with Crippen LogP contribution in [0.3, 0.4) is 0 Å². The number of rotatable bonds is 10. The summed E-state index contributed by atoms with van der Waals surface area (Å²) in [4.78, 5) is 24.1. The molecule has 3 N–H and O–H groups in total. The van der Waals surface area contributed by atoms with Crippen molar-refractivity contribution >= 4 is 28.5 Å². The maximum atomic E-state index is 13.2. The molecular formula is C30H27NO6. The van der Waals surface area contributed by atoms with Crippen molar-refractivity contribution in [2.75, 3.05) is 5.32 Å². The van der Waals surface area contributed by atoms with E-state index in [1.54, 1.807) is 30.3 Å². The minimum absolute atomic E-state index is 0.0765. The van der Waals surface area contributed by atoms with E-state index in [2.05, 4.69) is 5.32 Å². The Morgan fingerprint density at radius 3 is 2.32 bits per heavy atom. The standard InChI is InChI=1S/C30H27NO6/c32-23-19-17-22(18-20-23)29(27(15-6-7-16-28(33)34)36-24-11-2-1-3-12-24)37-30(35)31-26-14-8-10-21-9-4-5-13-25(21)26/h1-5,7-14,16-20,27,29,32H,6,15H2,(H,31,35)(H,33,34)/b16-7+/t27-,29-/m1/s1. The minimum atomic E-state index is -1.04. The maximum absolute atomic E-state index is 13.2. The predicted molar refractivity (Wildman–Crippen MR) is 142 cm³/mol. The number of allylic oxidation sites excluding steroid dienone is 1. The summed E-state index contributed by atoms with van der Waals surface area (Å²) in [5.41, 5.74) is 1.23. The Kier molecular flexibility index (Phi) is 8.39. The first-order chi connectivity index (χ1) is 18.0. The van der Waals surface area contributed by atoms with Gasteiger partial charge in [0.05, 0.1) is 5.69 Å². The first kappa shape index (κ1) is 25.3. The van der Waals surface area contributed by atoms with Gasteiger partial charge in [-0.15, -0.1) is 0 Å². The van der Waals surface area contributed by atoms with Gasteiger partial charge in [0, 0.05) is 11.5 Å². The largest absolute Gasteiger partial charge is 0.508 e. The van der Waals surface area contributed by atoms with Crippen LogP contribution in [0.4, 0.5) is 10.5 Å². The molecule has 0 aliphatic carbocycles.